The van der Waals surface area contributed by atoms with Crippen molar-refractivity contribution in [1.29, 1.82) is 0 Å². The number of rotatable bonds is 3. The number of ether oxygens (including phenoxy) is 1. The van der Waals surface area contributed by atoms with E-state index in [2.05, 4.69) is 15.9 Å². The number of alkyl halides is 3. The fraction of sp³-hybridized carbons (Fsp3) is 0.400. The predicted molar refractivity (Wildman–Crippen MR) is 64.5 cm³/mol. The van der Waals surface area contributed by atoms with Gasteiger partial charge in [0.2, 0.25) is 0 Å². The smallest absolute Gasteiger partial charge is 0.197 e. The Bertz CT molecular complexity index is 290. The summed E-state index contributed by atoms with van der Waals surface area (Å²) < 4.78 is 4.46. The third-order valence-electron chi connectivity index (χ3n) is 1.55. The molecule has 0 saturated heterocycles. The van der Waals surface area contributed by atoms with Crippen molar-refractivity contribution in [2.75, 3.05) is 0 Å². The second kappa shape index (κ2) is 4.73. The van der Waals surface area contributed by atoms with Gasteiger partial charge in [-0.1, -0.05) is 35.3 Å². The van der Waals surface area contributed by atoms with Crippen molar-refractivity contribution in [2.45, 2.75) is 23.2 Å². The monoisotopic (exact) mass is 296 g/mol. The Morgan fingerprint density at radius 3 is 2.07 bits per heavy atom. The summed E-state index contributed by atoms with van der Waals surface area (Å²) in [7, 11) is 0. The van der Waals surface area contributed by atoms with Gasteiger partial charge in [0.25, 0.3) is 0 Å². The molecule has 0 amide bonds. The van der Waals surface area contributed by atoms with Crippen molar-refractivity contribution in [3.05, 3.63) is 29.8 Å². The van der Waals surface area contributed by atoms with Crippen molar-refractivity contribution in [1.82, 2.24) is 0 Å². The largest absolute Gasteiger partial charge is 0.491 e. The number of halogens is 3. The van der Waals surface area contributed by atoms with E-state index in [4.69, 9.17) is 27.9 Å². The van der Waals surface area contributed by atoms with E-state index in [0.29, 0.717) is 0 Å². The minimum absolute atomic E-state index is 0.168. The summed E-state index contributed by atoms with van der Waals surface area (Å²) in [6, 6.07) is 7.34. The first-order valence-corrected chi connectivity index (χ1v) is 5.78. The van der Waals surface area contributed by atoms with Crippen LogP contribution in [0.1, 0.15) is 19.4 Å². The standard InChI is InChI=1S/C10H11BrCl2O/c1-7(2)14-9-5-3-8(4-6-9)10(11,12)13/h3-7H,1-2H3. The Morgan fingerprint density at radius 2 is 1.71 bits per heavy atom. The average molecular weight is 298 g/mol. The van der Waals surface area contributed by atoms with Crippen molar-refractivity contribution >= 4 is 39.1 Å². The van der Waals surface area contributed by atoms with Crippen LogP contribution in [0.3, 0.4) is 0 Å². The van der Waals surface area contributed by atoms with Crippen LogP contribution in [-0.4, -0.2) is 6.10 Å². The summed E-state index contributed by atoms with van der Waals surface area (Å²) >= 11 is 14.9. The molecule has 0 aromatic heterocycles. The summed E-state index contributed by atoms with van der Waals surface area (Å²) in [5.74, 6) is 0.814. The minimum Gasteiger partial charge on any atom is -0.491 e. The van der Waals surface area contributed by atoms with Gasteiger partial charge in [-0.15, -0.1) is 0 Å². The molecule has 1 aromatic carbocycles. The van der Waals surface area contributed by atoms with Crippen LogP contribution in [0.5, 0.6) is 5.75 Å². The van der Waals surface area contributed by atoms with Crippen LogP contribution < -0.4 is 4.74 Å². The zero-order valence-corrected chi connectivity index (χ0v) is 11.0. The molecule has 0 saturated carbocycles. The highest BCUT2D eigenvalue weighted by molar-refractivity contribution is 9.10. The van der Waals surface area contributed by atoms with E-state index >= 15 is 0 Å². The Kier molecular flexibility index (Phi) is 4.11. The van der Waals surface area contributed by atoms with Crippen molar-refractivity contribution < 1.29 is 4.74 Å². The lowest BCUT2D eigenvalue weighted by molar-refractivity contribution is 0.242. The first-order chi connectivity index (χ1) is 6.39. The highest BCUT2D eigenvalue weighted by Crippen LogP contribution is 2.40. The summed E-state index contributed by atoms with van der Waals surface area (Å²) in [6.07, 6.45) is 0.168. The Hall–Kier alpha value is 0.0800. The molecule has 1 nitrogen and oxygen atoms in total. The fourth-order valence-corrected chi connectivity index (χ4v) is 1.51. The molecule has 0 unspecified atom stereocenters. The normalized spacial score (nSPS) is 11.9. The van der Waals surface area contributed by atoms with Crippen molar-refractivity contribution in [3.8, 4) is 5.75 Å². The molecule has 0 bridgehead atoms. The van der Waals surface area contributed by atoms with Gasteiger partial charge in [-0.2, -0.15) is 0 Å². The number of hydrogen-bond donors (Lipinski definition) is 0. The summed E-state index contributed by atoms with van der Waals surface area (Å²) in [6.45, 7) is 3.96. The summed E-state index contributed by atoms with van der Waals surface area (Å²) in [5.41, 5.74) is 0.789. The molecule has 0 fully saturated rings. The van der Waals surface area contributed by atoms with E-state index in [1.165, 1.54) is 0 Å². The highest BCUT2D eigenvalue weighted by atomic mass is 79.9. The van der Waals surface area contributed by atoms with Gasteiger partial charge in [-0.05, 0) is 47.5 Å². The Balaban J connectivity index is 2.79. The summed E-state index contributed by atoms with van der Waals surface area (Å²) in [5, 5.41) is 0. The molecular weight excluding hydrogens is 287 g/mol. The topological polar surface area (TPSA) is 9.23 Å². The van der Waals surface area contributed by atoms with E-state index in [1.54, 1.807) is 0 Å². The lowest BCUT2D eigenvalue weighted by atomic mass is 10.2. The van der Waals surface area contributed by atoms with Gasteiger partial charge in [-0.25, -0.2) is 0 Å². The highest BCUT2D eigenvalue weighted by Gasteiger charge is 2.21. The molecule has 4 heteroatoms. The van der Waals surface area contributed by atoms with Crippen LogP contribution in [0, 0.1) is 0 Å². The minimum atomic E-state index is -1.02. The van der Waals surface area contributed by atoms with E-state index in [0.717, 1.165) is 11.3 Å². The van der Waals surface area contributed by atoms with E-state index in [9.17, 15) is 0 Å². The third-order valence-corrected chi connectivity index (χ3v) is 2.45. The molecule has 0 spiro atoms. The maximum absolute atomic E-state index is 5.86. The molecule has 1 aromatic rings. The second-order valence-corrected chi connectivity index (χ2v) is 6.62. The zero-order valence-electron chi connectivity index (χ0n) is 7.93. The van der Waals surface area contributed by atoms with Gasteiger partial charge in [0, 0.05) is 0 Å². The molecule has 0 atom stereocenters. The molecule has 0 aliphatic carbocycles. The summed E-state index contributed by atoms with van der Waals surface area (Å²) in [4.78, 5) is 0. The van der Waals surface area contributed by atoms with Crippen LogP contribution in [0.4, 0.5) is 0 Å². The van der Waals surface area contributed by atoms with Crippen LogP contribution in [0.2, 0.25) is 0 Å². The lowest BCUT2D eigenvalue weighted by Gasteiger charge is -2.13. The van der Waals surface area contributed by atoms with Crippen molar-refractivity contribution in [3.63, 3.8) is 0 Å². The molecule has 0 aliphatic heterocycles. The number of hydrogen-bond acceptors (Lipinski definition) is 1. The van der Waals surface area contributed by atoms with Gasteiger partial charge >= 0.3 is 0 Å². The average Bonchev–Trinajstić information content (AvgIpc) is 2.02. The van der Waals surface area contributed by atoms with Crippen molar-refractivity contribution in [2.24, 2.45) is 0 Å². The Morgan fingerprint density at radius 1 is 1.21 bits per heavy atom. The van der Waals surface area contributed by atoms with Gasteiger partial charge in [0.05, 0.1) is 6.10 Å². The Labute approximate surface area is 102 Å². The van der Waals surface area contributed by atoms with Crippen LogP contribution in [-0.2, 0) is 3.24 Å². The number of benzene rings is 1. The maximum atomic E-state index is 5.86. The molecule has 14 heavy (non-hydrogen) atoms. The van der Waals surface area contributed by atoms with E-state index in [1.807, 2.05) is 38.1 Å². The van der Waals surface area contributed by atoms with Gasteiger partial charge in [0.15, 0.2) is 3.24 Å². The molecule has 0 heterocycles. The quantitative estimate of drug-likeness (QED) is 0.749. The SMILES string of the molecule is CC(C)Oc1ccc(C(Cl)(Cl)Br)cc1. The molecule has 0 radical (unpaired) electrons. The van der Waals surface area contributed by atoms with E-state index in [-0.39, 0.29) is 6.10 Å². The molecule has 78 valence electrons. The lowest BCUT2D eigenvalue weighted by Crippen LogP contribution is -2.06. The first kappa shape index (κ1) is 12.2. The third kappa shape index (κ3) is 3.68. The zero-order chi connectivity index (χ0) is 10.8. The fourth-order valence-electron chi connectivity index (χ4n) is 0.995. The predicted octanol–water partition coefficient (Wildman–Crippen LogP) is 4.46. The van der Waals surface area contributed by atoms with Gasteiger partial charge in [-0.3, -0.25) is 0 Å². The van der Waals surface area contributed by atoms with Crippen LogP contribution in [0.15, 0.2) is 24.3 Å². The first-order valence-electron chi connectivity index (χ1n) is 4.23. The van der Waals surface area contributed by atoms with Gasteiger partial charge in [0.1, 0.15) is 5.75 Å². The molecule has 0 aliphatic rings. The molecule has 1 rings (SSSR count). The molecule has 0 N–H and O–H groups in total. The van der Waals surface area contributed by atoms with E-state index < -0.39 is 3.24 Å². The van der Waals surface area contributed by atoms with Crippen LogP contribution >= 0.6 is 39.1 Å². The van der Waals surface area contributed by atoms with Gasteiger partial charge < -0.3 is 4.74 Å². The molecular formula is C10H11BrCl2O. The maximum Gasteiger partial charge on any atom is 0.197 e. The second-order valence-electron chi connectivity index (χ2n) is 3.19. The van der Waals surface area contributed by atoms with Crippen LogP contribution in [0.25, 0.3) is 0 Å².